The second-order valence-electron chi connectivity index (χ2n) is 0.238. The predicted molar refractivity (Wildman–Crippen MR) is 18.1 cm³/mol. The van der Waals surface area contributed by atoms with E-state index in [2.05, 4.69) is 0 Å². The number of hydrogen-bond acceptors (Lipinski definition) is 3. The molecule has 0 aliphatic rings. The minimum absolute atomic E-state index is 0. The molecule has 7 heteroatoms. The van der Waals surface area contributed by atoms with Crippen molar-refractivity contribution in [1.29, 1.82) is 0 Å². The van der Waals surface area contributed by atoms with Gasteiger partial charge in [-0.15, -0.1) is 10.1 Å². The van der Waals surface area contributed by atoms with Crippen LogP contribution in [0.5, 0.6) is 0 Å². The normalized spacial score (nSPS) is 4.43. The maximum absolute atomic E-state index is 8.36. The molecule has 0 aromatic heterocycles. The third-order valence-electron chi connectivity index (χ3n) is 0. The van der Waals surface area contributed by atoms with Crippen molar-refractivity contribution in [1.82, 2.24) is 0 Å². The Morgan fingerprint density at radius 2 is 1.57 bits per heavy atom. The summed E-state index contributed by atoms with van der Waals surface area (Å²) in [7, 11) is 0. The van der Waals surface area contributed by atoms with E-state index in [4.69, 9.17) is 18.9 Å². The molecule has 0 saturated heterocycles. The third-order valence-corrected chi connectivity index (χ3v) is 0. The average Bonchev–Trinajstić information content (AvgIpc) is 1.41. The topological polar surface area (TPSA) is 83.6 Å². The van der Waals surface area contributed by atoms with Gasteiger partial charge < -0.3 is 5.21 Å². The van der Waals surface area contributed by atoms with E-state index >= 15 is 0 Å². The molecule has 44 valence electrons. The fourth-order valence-electron chi connectivity index (χ4n) is 0. The molecule has 7 heavy (non-hydrogen) atoms. The van der Waals surface area contributed by atoms with Crippen LogP contribution in [0.3, 0.4) is 0 Å². The summed E-state index contributed by atoms with van der Waals surface area (Å²) < 4.78 is 6.81. The van der Waals surface area contributed by atoms with Crippen LogP contribution in [0.1, 0.15) is 0 Å². The van der Waals surface area contributed by atoms with Gasteiger partial charge in [0.25, 0.3) is 5.09 Å². The van der Waals surface area contributed by atoms with Crippen molar-refractivity contribution in [3.05, 3.63) is 10.1 Å². The van der Waals surface area contributed by atoms with E-state index in [1.165, 1.54) is 0 Å². The molecule has 2 N–H and O–H groups in total. The quantitative estimate of drug-likeness (QED) is 0.289. The Kier molecular flexibility index (Phi) is 35.3. The van der Waals surface area contributed by atoms with Crippen LogP contribution in [-0.4, -0.2) is 43.5 Å². The molecule has 0 bridgehead atoms. The van der Waals surface area contributed by atoms with Crippen LogP contribution in [0.2, 0.25) is 0 Å². The molecule has 0 saturated carbocycles. The third kappa shape index (κ3) is 204. The number of nitrogens with zero attached hydrogens (tertiary/aromatic N) is 1. The average molecular weight is 212 g/mol. The Bertz CT molecular complexity index is 34.7. The Labute approximate surface area is 74.5 Å². The van der Waals surface area contributed by atoms with Crippen molar-refractivity contribution >= 4 is 29.6 Å². The first-order chi connectivity index (χ1) is 2.73. The molecule has 0 amide bonds. The summed E-state index contributed by atoms with van der Waals surface area (Å²) in [6, 6.07) is 0. The maximum atomic E-state index is 8.36. The molecule has 0 aromatic rings. The van der Waals surface area contributed by atoms with E-state index in [0.29, 0.717) is 0 Å². The summed E-state index contributed by atoms with van der Waals surface area (Å²) in [6.45, 7) is 0. The van der Waals surface area contributed by atoms with Gasteiger partial charge in [0, 0.05) is 0 Å². The fourth-order valence-corrected chi connectivity index (χ4v) is 0. The molecule has 0 rings (SSSR count). The molecule has 0 heterocycles. The Morgan fingerprint density at radius 1 is 1.57 bits per heavy atom. The summed E-state index contributed by atoms with van der Waals surface area (Å²) in [5, 5.41) is 13.6. The molecule has 0 radical (unpaired) electrons. The van der Waals surface area contributed by atoms with Crippen molar-refractivity contribution in [2.45, 2.75) is 0 Å². The van der Waals surface area contributed by atoms with Gasteiger partial charge in [-0.1, -0.05) is 0 Å². The summed E-state index contributed by atoms with van der Waals surface area (Å²) in [5.41, 5.74) is 0. The van der Waals surface area contributed by atoms with Crippen LogP contribution in [-0.2, 0) is 21.5 Å². The van der Waals surface area contributed by atoms with Crippen molar-refractivity contribution in [3.8, 4) is 0 Å². The summed E-state index contributed by atoms with van der Waals surface area (Å²) in [6.07, 6.45) is 0. The first-order valence-corrected chi connectivity index (χ1v) is 1.36. The SMILES string of the molecule is O=[N+]([O-])O.[NaH].[OH][Ag]. The molecule has 0 aromatic carbocycles. The predicted octanol–water partition coefficient (Wildman–Crippen LogP) is -1.56. The van der Waals surface area contributed by atoms with Gasteiger partial charge in [0.1, 0.15) is 0 Å². The zero-order valence-electron chi connectivity index (χ0n) is 2.46. The van der Waals surface area contributed by atoms with E-state index in [1.54, 1.807) is 0 Å². The van der Waals surface area contributed by atoms with E-state index < -0.39 is 5.09 Å². The second kappa shape index (κ2) is 15.8. The van der Waals surface area contributed by atoms with Gasteiger partial charge >= 0.3 is 54.6 Å². The Morgan fingerprint density at radius 3 is 1.57 bits per heavy atom. The van der Waals surface area contributed by atoms with Gasteiger partial charge in [-0.3, -0.25) is 0 Å². The fraction of sp³-hybridized carbons (Fsp3) is 0. The Hall–Kier alpha value is 0.900. The van der Waals surface area contributed by atoms with Crippen LogP contribution >= 0.6 is 0 Å². The van der Waals surface area contributed by atoms with Gasteiger partial charge in [0.15, 0.2) is 0 Å². The van der Waals surface area contributed by atoms with Crippen LogP contribution in [0, 0.1) is 10.1 Å². The van der Waals surface area contributed by atoms with Crippen molar-refractivity contribution in [3.63, 3.8) is 0 Å². The van der Waals surface area contributed by atoms with Crippen molar-refractivity contribution in [2.24, 2.45) is 0 Å². The molecule has 0 aliphatic carbocycles. The molecular formula is H3AgNNaO4. The van der Waals surface area contributed by atoms with Crippen molar-refractivity contribution < 1.29 is 35.4 Å². The van der Waals surface area contributed by atoms with E-state index in [9.17, 15) is 0 Å². The van der Waals surface area contributed by atoms with Gasteiger partial charge in [0.2, 0.25) is 0 Å². The zero-order chi connectivity index (χ0) is 5.58. The monoisotopic (exact) mass is 211 g/mol. The molecule has 0 unspecified atom stereocenters. The van der Waals surface area contributed by atoms with E-state index in [1.807, 2.05) is 21.5 Å². The van der Waals surface area contributed by atoms with Gasteiger partial charge in [-0.25, -0.2) is 0 Å². The number of rotatable bonds is 0. The minimum atomic E-state index is -1.50. The molecule has 0 spiro atoms. The van der Waals surface area contributed by atoms with Crippen LogP contribution in [0.15, 0.2) is 0 Å². The molecule has 0 atom stereocenters. The molecule has 0 fully saturated rings. The van der Waals surface area contributed by atoms with Gasteiger partial charge in [-0.05, 0) is 0 Å². The molecule has 0 aliphatic heterocycles. The second-order valence-corrected chi connectivity index (χ2v) is 0.238. The van der Waals surface area contributed by atoms with E-state index in [0.717, 1.165) is 0 Å². The van der Waals surface area contributed by atoms with Gasteiger partial charge in [0.05, 0.1) is 0 Å². The van der Waals surface area contributed by atoms with Crippen LogP contribution in [0.25, 0.3) is 0 Å². The van der Waals surface area contributed by atoms with Gasteiger partial charge in [-0.2, -0.15) is 0 Å². The van der Waals surface area contributed by atoms with Crippen molar-refractivity contribution in [2.75, 3.05) is 0 Å². The molecular weight excluding hydrogens is 209 g/mol. The summed E-state index contributed by atoms with van der Waals surface area (Å²) in [5.74, 6) is 0. The Balaban J connectivity index is -0.0000000480. The molecule has 5 nitrogen and oxygen atoms in total. The summed E-state index contributed by atoms with van der Waals surface area (Å²) >= 11 is 1.95. The first kappa shape index (κ1) is 15.7. The first-order valence-electron chi connectivity index (χ1n) is 0.700. The van der Waals surface area contributed by atoms with Crippen LogP contribution < -0.4 is 0 Å². The summed E-state index contributed by atoms with van der Waals surface area (Å²) in [4.78, 5) is 8.36. The zero-order valence-corrected chi connectivity index (χ0v) is 3.94. The number of hydrogen-bond donors (Lipinski definition) is 2. The van der Waals surface area contributed by atoms with E-state index in [-0.39, 0.29) is 29.6 Å². The van der Waals surface area contributed by atoms with Crippen LogP contribution in [0.4, 0.5) is 0 Å². The standard InChI is InChI=1S/Ag.HNO3.Na.H2O.H/c;2-1(3)4;;;/h;(H,2,3,4);;1H2;/q+1;;;;/p-1.